The molecular weight excluding hydrogens is 176 g/mol. The van der Waals surface area contributed by atoms with Crippen LogP contribution in [0, 0.1) is 11.8 Å². The Morgan fingerprint density at radius 1 is 1.64 bits per heavy atom. The van der Waals surface area contributed by atoms with Gasteiger partial charge in [0.05, 0.1) is 6.10 Å². The summed E-state index contributed by atoms with van der Waals surface area (Å²) in [6.07, 6.45) is 6.73. The summed E-state index contributed by atoms with van der Waals surface area (Å²) in [6.45, 7) is 2.14. The SMILES string of the molecule is CC(C(O)Cc1nccn1C)C1CC1. The molecule has 1 aliphatic rings. The first-order chi connectivity index (χ1) is 6.68. The third kappa shape index (κ3) is 1.98. The molecule has 3 nitrogen and oxygen atoms in total. The highest BCUT2D eigenvalue weighted by atomic mass is 16.3. The Labute approximate surface area is 84.8 Å². The van der Waals surface area contributed by atoms with Gasteiger partial charge in [0.15, 0.2) is 0 Å². The summed E-state index contributed by atoms with van der Waals surface area (Å²) < 4.78 is 1.98. The van der Waals surface area contributed by atoms with Gasteiger partial charge >= 0.3 is 0 Å². The van der Waals surface area contributed by atoms with Crippen molar-refractivity contribution < 1.29 is 5.11 Å². The number of nitrogens with zero attached hydrogens (tertiary/aromatic N) is 2. The molecule has 1 aromatic heterocycles. The highest BCUT2D eigenvalue weighted by molar-refractivity contribution is 4.95. The van der Waals surface area contributed by atoms with E-state index >= 15 is 0 Å². The monoisotopic (exact) mass is 194 g/mol. The fraction of sp³-hybridized carbons (Fsp3) is 0.727. The van der Waals surface area contributed by atoms with E-state index in [4.69, 9.17) is 0 Å². The quantitative estimate of drug-likeness (QED) is 0.786. The van der Waals surface area contributed by atoms with E-state index in [9.17, 15) is 5.11 Å². The van der Waals surface area contributed by atoms with Gasteiger partial charge in [0.25, 0.3) is 0 Å². The third-order valence-corrected chi connectivity index (χ3v) is 3.29. The molecule has 0 radical (unpaired) electrons. The van der Waals surface area contributed by atoms with Crippen LogP contribution < -0.4 is 0 Å². The predicted octanol–water partition coefficient (Wildman–Crippen LogP) is 1.37. The van der Waals surface area contributed by atoms with E-state index in [0.717, 1.165) is 11.7 Å². The highest BCUT2D eigenvalue weighted by Crippen LogP contribution is 2.38. The maximum absolute atomic E-state index is 9.97. The lowest BCUT2D eigenvalue weighted by Crippen LogP contribution is -2.23. The minimum atomic E-state index is -0.233. The van der Waals surface area contributed by atoms with Crippen LogP contribution in [0.3, 0.4) is 0 Å². The van der Waals surface area contributed by atoms with Crippen LogP contribution in [0.5, 0.6) is 0 Å². The van der Waals surface area contributed by atoms with Gasteiger partial charge in [0.1, 0.15) is 5.82 Å². The molecule has 2 unspecified atom stereocenters. The van der Waals surface area contributed by atoms with E-state index in [1.54, 1.807) is 6.20 Å². The summed E-state index contributed by atoms with van der Waals surface area (Å²) in [6, 6.07) is 0. The van der Waals surface area contributed by atoms with Crippen LogP contribution in [-0.2, 0) is 13.5 Å². The number of imidazole rings is 1. The molecular formula is C11H18N2O. The fourth-order valence-electron chi connectivity index (χ4n) is 1.90. The van der Waals surface area contributed by atoms with Gasteiger partial charge in [-0.1, -0.05) is 6.92 Å². The van der Waals surface area contributed by atoms with E-state index in [1.165, 1.54) is 12.8 Å². The Morgan fingerprint density at radius 2 is 2.36 bits per heavy atom. The van der Waals surface area contributed by atoms with Gasteiger partial charge in [-0.05, 0) is 24.7 Å². The lowest BCUT2D eigenvalue weighted by molar-refractivity contribution is 0.103. The van der Waals surface area contributed by atoms with E-state index in [1.807, 2.05) is 17.8 Å². The van der Waals surface area contributed by atoms with Crippen LogP contribution >= 0.6 is 0 Å². The number of hydrogen-bond donors (Lipinski definition) is 1. The zero-order chi connectivity index (χ0) is 10.1. The number of aromatic nitrogens is 2. The molecule has 1 fully saturated rings. The van der Waals surface area contributed by atoms with Gasteiger partial charge in [0.2, 0.25) is 0 Å². The first-order valence-electron chi connectivity index (χ1n) is 5.32. The van der Waals surface area contributed by atoms with Gasteiger partial charge in [-0.2, -0.15) is 0 Å². The Hall–Kier alpha value is -0.830. The van der Waals surface area contributed by atoms with Crippen molar-refractivity contribution in [2.24, 2.45) is 18.9 Å². The van der Waals surface area contributed by atoms with Crippen molar-refractivity contribution in [1.29, 1.82) is 0 Å². The van der Waals surface area contributed by atoms with Gasteiger partial charge in [-0.25, -0.2) is 4.98 Å². The number of aryl methyl sites for hydroxylation is 1. The molecule has 1 aliphatic carbocycles. The van der Waals surface area contributed by atoms with Gasteiger partial charge in [-0.3, -0.25) is 0 Å². The van der Waals surface area contributed by atoms with Crippen molar-refractivity contribution in [3.8, 4) is 0 Å². The van der Waals surface area contributed by atoms with Crippen LogP contribution in [0.4, 0.5) is 0 Å². The molecule has 1 heterocycles. The minimum Gasteiger partial charge on any atom is -0.392 e. The van der Waals surface area contributed by atoms with Crippen LogP contribution in [0.25, 0.3) is 0 Å². The Kier molecular flexibility index (Phi) is 2.59. The molecule has 0 aromatic carbocycles. The zero-order valence-electron chi connectivity index (χ0n) is 8.85. The highest BCUT2D eigenvalue weighted by Gasteiger charge is 2.32. The molecule has 0 spiro atoms. The van der Waals surface area contributed by atoms with Crippen molar-refractivity contribution in [3.63, 3.8) is 0 Å². The fourth-order valence-corrected chi connectivity index (χ4v) is 1.90. The third-order valence-electron chi connectivity index (χ3n) is 3.29. The molecule has 0 aliphatic heterocycles. The first kappa shape index (κ1) is 9.71. The summed E-state index contributed by atoms with van der Waals surface area (Å²) in [5.41, 5.74) is 0. The molecule has 1 N–H and O–H groups in total. The topological polar surface area (TPSA) is 38.1 Å². The van der Waals surface area contributed by atoms with E-state index in [2.05, 4.69) is 11.9 Å². The maximum atomic E-state index is 9.97. The van der Waals surface area contributed by atoms with Crippen LogP contribution in [0.1, 0.15) is 25.6 Å². The summed E-state index contributed by atoms with van der Waals surface area (Å²) in [4.78, 5) is 4.22. The molecule has 0 amide bonds. The standard InChI is InChI=1S/C11H18N2O/c1-8(9-3-4-9)10(14)7-11-12-5-6-13(11)2/h5-6,8-10,14H,3-4,7H2,1-2H3. The number of hydrogen-bond acceptors (Lipinski definition) is 2. The summed E-state index contributed by atoms with van der Waals surface area (Å²) in [5.74, 6) is 2.15. The summed E-state index contributed by atoms with van der Waals surface area (Å²) in [7, 11) is 1.97. The van der Waals surface area contributed by atoms with Crippen molar-refractivity contribution in [2.75, 3.05) is 0 Å². The minimum absolute atomic E-state index is 0.233. The molecule has 2 atom stereocenters. The number of aliphatic hydroxyl groups is 1. The van der Waals surface area contributed by atoms with E-state index < -0.39 is 0 Å². The second kappa shape index (κ2) is 3.73. The van der Waals surface area contributed by atoms with Crippen molar-refractivity contribution >= 4 is 0 Å². The van der Waals surface area contributed by atoms with Crippen molar-refractivity contribution in [2.45, 2.75) is 32.3 Å². The molecule has 1 aromatic rings. The smallest absolute Gasteiger partial charge is 0.110 e. The average Bonchev–Trinajstić information content (AvgIpc) is 2.92. The first-order valence-corrected chi connectivity index (χ1v) is 5.32. The van der Waals surface area contributed by atoms with Gasteiger partial charge in [0, 0.05) is 25.9 Å². The normalized spacial score (nSPS) is 20.8. The zero-order valence-corrected chi connectivity index (χ0v) is 8.85. The molecule has 78 valence electrons. The van der Waals surface area contributed by atoms with Gasteiger partial charge in [-0.15, -0.1) is 0 Å². The lowest BCUT2D eigenvalue weighted by Gasteiger charge is -2.17. The average molecular weight is 194 g/mol. The van der Waals surface area contributed by atoms with Gasteiger partial charge < -0.3 is 9.67 Å². The molecule has 1 saturated carbocycles. The van der Waals surface area contributed by atoms with Crippen LogP contribution in [0.15, 0.2) is 12.4 Å². The van der Waals surface area contributed by atoms with E-state index in [-0.39, 0.29) is 6.10 Å². The predicted molar refractivity (Wildman–Crippen MR) is 54.8 cm³/mol. The van der Waals surface area contributed by atoms with Crippen molar-refractivity contribution in [3.05, 3.63) is 18.2 Å². The Balaban J connectivity index is 1.93. The Morgan fingerprint density at radius 3 is 2.86 bits per heavy atom. The molecule has 14 heavy (non-hydrogen) atoms. The summed E-state index contributed by atoms with van der Waals surface area (Å²) >= 11 is 0. The van der Waals surface area contributed by atoms with Crippen LogP contribution in [-0.4, -0.2) is 20.8 Å². The number of rotatable bonds is 4. The maximum Gasteiger partial charge on any atom is 0.110 e. The molecule has 3 heteroatoms. The largest absolute Gasteiger partial charge is 0.392 e. The molecule has 2 rings (SSSR count). The van der Waals surface area contributed by atoms with E-state index in [0.29, 0.717) is 12.3 Å². The Bertz CT molecular complexity index is 304. The number of aliphatic hydroxyl groups excluding tert-OH is 1. The van der Waals surface area contributed by atoms with Crippen molar-refractivity contribution in [1.82, 2.24) is 9.55 Å². The summed E-state index contributed by atoms with van der Waals surface area (Å²) in [5, 5.41) is 9.97. The molecule has 0 bridgehead atoms. The lowest BCUT2D eigenvalue weighted by atomic mass is 9.97. The molecule has 0 saturated heterocycles. The van der Waals surface area contributed by atoms with Crippen LogP contribution in [0.2, 0.25) is 0 Å². The second-order valence-corrected chi connectivity index (χ2v) is 4.42. The second-order valence-electron chi connectivity index (χ2n) is 4.42.